The first-order valence-electron chi connectivity index (χ1n) is 7.65. The van der Waals surface area contributed by atoms with Crippen molar-refractivity contribution in [3.63, 3.8) is 0 Å². The van der Waals surface area contributed by atoms with E-state index in [1.165, 1.54) is 11.1 Å². The summed E-state index contributed by atoms with van der Waals surface area (Å²) in [6.07, 6.45) is 0. The van der Waals surface area contributed by atoms with Crippen molar-refractivity contribution in [3.8, 4) is 5.75 Å². The van der Waals surface area contributed by atoms with Gasteiger partial charge in [0, 0.05) is 42.9 Å². The summed E-state index contributed by atoms with van der Waals surface area (Å²) >= 11 is 0. The molecule has 1 aromatic heterocycles. The Morgan fingerprint density at radius 3 is 2.62 bits per heavy atom. The minimum absolute atomic E-state index is 0.689. The van der Waals surface area contributed by atoms with E-state index in [4.69, 9.17) is 4.74 Å². The molecule has 1 aliphatic rings. The normalized spacial score (nSPS) is 16.4. The second kappa shape index (κ2) is 5.90. The second-order valence-electron chi connectivity index (χ2n) is 5.69. The zero-order valence-corrected chi connectivity index (χ0v) is 13.1. The van der Waals surface area contributed by atoms with E-state index in [0.29, 0.717) is 6.61 Å². The van der Waals surface area contributed by atoms with E-state index < -0.39 is 0 Å². The average Bonchev–Trinajstić information content (AvgIpc) is 2.48. The van der Waals surface area contributed by atoms with Crippen LogP contribution in [0.1, 0.15) is 12.6 Å². The zero-order valence-electron chi connectivity index (χ0n) is 13.1. The summed E-state index contributed by atoms with van der Waals surface area (Å²) in [5.41, 5.74) is 3.40. The molecule has 0 radical (unpaired) electrons. The fraction of sp³-hybridized carbons (Fsp3) is 0.471. The van der Waals surface area contributed by atoms with Gasteiger partial charge in [-0.25, -0.2) is 0 Å². The van der Waals surface area contributed by atoms with Crippen LogP contribution in [0, 0.1) is 6.92 Å². The minimum Gasteiger partial charge on any atom is -0.494 e. The van der Waals surface area contributed by atoms with E-state index in [9.17, 15) is 0 Å². The molecule has 0 amide bonds. The van der Waals surface area contributed by atoms with Gasteiger partial charge < -0.3 is 14.5 Å². The lowest BCUT2D eigenvalue weighted by molar-refractivity contribution is 0.313. The Hall–Kier alpha value is -1.81. The second-order valence-corrected chi connectivity index (χ2v) is 5.69. The van der Waals surface area contributed by atoms with Gasteiger partial charge in [-0.1, -0.05) is 0 Å². The molecule has 2 heterocycles. The molecule has 0 atom stereocenters. The fourth-order valence-corrected chi connectivity index (χ4v) is 2.88. The average molecular weight is 285 g/mol. The molecular formula is C17H23N3O. The first kappa shape index (κ1) is 14.1. The Kier molecular flexibility index (Phi) is 3.97. The van der Waals surface area contributed by atoms with Crippen LogP contribution in [0.25, 0.3) is 10.9 Å². The van der Waals surface area contributed by atoms with E-state index in [0.717, 1.165) is 43.1 Å². The lowest BCUT2D eigenvalue weighted by Crippen LogP contribution is -2.44. The van der Waals surface area contributed by atoms with Crippen LogP contribution in [0.2, 0.25) is 0 Å². The van der Waals surface area contributed by atoms with E-state index in [1.54, 1.807) is 0 Å². The van der Waals surface area contributed by atoms with Crippen molar-refractivity contribution in [2.75, 3.05) is 44.7 Å². The van der Waals surface area contributed by atoms with Crippen LogP contribution in [0.5, 0.6) is 5.75 Å². The van der Waals surface area contributed by atoms with Crippen molar-refractivity contribution in [2.24, 2.45) is 0 Å². The molecule has 0 aliphatic carbocycles. The summed E-state index contributed by atoms with van der Waals surface area (Å²) in [6.45, 7) is 9.10. The number of pyridine rings is 1. The van der Waals surface area contributed by atoms with Crippen LogP contribution in [-0.2, 0) is 0 Å². The molecule has 21 heavy (non-hydrogen) atoms. The van der Waals surface area contributed by atoms with E-state index in [2.05, 4.69) is 47.0 Å². The quantitative estimate of drug-likeness (QED) is 0.867. The smallest absolute Gasteiger partial charge is 0.120 e. The van der Waals surface area contributed by atoms with Crippen LogP contribution < -0.4 is 9.64 Å². The third-order valence-electron chi connectivity index (χ3n) is 4.04. The molecule has 3 rings (SSSR count). The van der Waals surface area contributed by atoms with Gasteiger partial charge >= 0.3 is 0 Å². The fourth-order valence-electron chi connectivity index (χ4n) is 2.88. The lowest BCUT2D eigenvalue weighted by Gasteiger charge is -2.34. The van der Waals surface area contributed by atoms with Crippen LogP contribution in [0.4, 0.5) is 5.69 Å². The minimum atomic E-state index is 0.689. The van der Waals surface area contributed by atoms with Gasteiger partial charge in [0.1, 0.15) is 5.75 Å². The Labute approximate surface area is 126 Å². The molecule has 0 bridgehead atoms. The van der Waals surface area contributed by atoms with Gasteiger partial charge in [-0.15, -0.1) is 0 Å². The Balaban J connectivity index is 2.04. The topological polar surface area (TPSA) is 28.6 Å². The summed E-state index contributed by atoms with van der Waals surface area (Å²) in [5.74, 6) is 0.922. The highest BCUT2D eigenvalue weighted by Crippen LogP contribution is 2.30. The number of aromatic nitrogens is 1. The number of fused-ring (bicyclic) bond motifs is 1. The summed E-state index contributed by atoms with van der Waals surface area (Å²) in [7, 11) is 2.18. The zero-order chi connectivity index (χ0) is 14.8. The highest BCUT2D eigenvalue weighted by molar-refractivity contribution is 5.93. The summed E-state index contributed by atoms with van der Waals surface area (Å²) in [6, 6.07) is 8.39. The molecule has 2 aromatic rings. The van der Waals surface area contributed by atoms with Crippen molar-refractivity contribution in [2.45, 2.75) is 13.8 Å². The highest BCUT2D eigenvalue weighted by atomic mass is 16.5. The molecule has 4 heteroatoms. The number of hydrogen-bond donors (Lipinski definition) is 0. The van der Waals surface area contributed by atoms with Gasteiger partial charge in [0.2, 0.25) is 0 Å². The molecule has 0 unspecified atom stereocenters. The molecule has 0 saturated carbocycles. The van der Waals surface area contributed by atoms with E-state index in [1.807, 2.05) is 13.0 Å². The molecule has 4 nitrogen and oxygen atoms in total. The number of likely N-dealkylation sites (N-methyl/N-ethyl adjacent to an activating group) is 1. The molecule has 1 fully saturated rings. The summed E-state index contributed by atoms with van der Waals surface area (Å²) in [4.78, 5) is 9.49. The maximum absolute atomic E-state index is 5.65. The predicted octanol–water partition coefficient (Wildman–Crippen LogP) is 2.69. The summed E-state index contributed by atoms with van der Waals surface area (Å²) in [5, 5.41) is 1.19. The standard InChI is InChI=1S/C17H23N3O/c1-4-21-14-5-6-16-15(12-14)17(11-13(2)18-16)20-9-7-19(3)8-10-20/h5-6,11-12H,4,7-10H2,1-3H3. The van der Waals surface area contributed by atoms with Gasteiger partial charge in [-0.3, -0.25) is 4.98 Å². The first-order chi connectivity index (χ1) is 10.2. The number of piperazine rings is 1. The van der Waals surface area contributed by atoms with Crippen molar-refractivity contribution < 1.29 is 4.74 Å². The maximum atomic E-state index is 5.65. The lowest BCUT2D eigenvalue weighted by atomic mass is 10.1. The molecule has 0 N–H and O–H groups in total. The van der Waals surface area contributed by atoms with Gasteiger partial charge in [0.25, 0.3) is 0 Å². The number of aryl methyl sites for hydroxylation is 1. The number of rotatable bonds is 3. The maximum Gasteiger partial charge on any atom is 0.120 e. The molecular weight excluding hydrogens is 262 g/mol. The Morgan fingerprint density at radius 1 is 1.14 bits per heavy atom. The van der Waals surface area contributed by atoms with Crippen molar-refractivity contribution in [1.82, 2.24) is 9.88 Å². The predicted molar refractivity (Wildman–Crippen MR) is 87.4 cm³/mol. The van der Waals surface area contributed by atoms with Crippen LogP contribution >= 0.6 is 0 Å². The third kappa shape index (κ3) is 2.95. The van der Waals surface area contributed by atoms with Crippen molar-refractivity contribution in [3.05, 3.63) is 30.0 Å². The molecule has 1 aliphatic heterocycles. The van der Waals surface area contributed by atoms with Crippen LogP contribution in [0.3, 0.4) is 0 Å². The summed E-state index contributed by atoms with van der Waals surface area (Å²) < 4.78 is 5.65. The van der Waals surface area contributed by atoms with Gasteiger partial charge in [-0.05, 0) is 45.2 Å². The molecule has 112 valence electrons. The monoisotopic (exact) mass is 285 g/mol. The van der Waals surface area contributed by atoms with Gasteiger partial charge in [0.15, 0.2) is 0 Å². The number of benzene rings is 1. The number of hydrogen-bond acceptors (Lipinski definition) is 4. The van der Waals surface area contributed by atoms with E-state index in [-0.39, 0.29) is 0 Å². The number of ether oxygens (including phenoxy) is 1. The van der Waals surface area contributed by atoms with Gasteiger partial charge in [0.05, 0.1) is 12.1 Å². The SMILES string of the molecule is CCOc1ccc2nc(C)cc(N3CCN(C)CC3)c2c1. The van der Waals surface area contributed by atoms with Crippen molar-refractivity contribution >= 4 is 16.6 Å². The Bertz CT molecular complexity index is 633. The van der Waals surface area contributed by atoms with Crippen LogP contribution in [0.15, 0.2) is 24.3 Å². The Morgan fingerprint density at radius 2 is 1.90 bits per heavy atom. The van der Waals surface area contributed by atoms with Crippen molar-refractivity contribution in [1.29, 1.82) is 0 Å². The first-order valence-corrected chi connectivity index (χ1v) is 7.65. The molecule has 1 saturated heterocycles. The number of anilines is 1. The van der Waals surface area contributed by atoms with Gasteiger partial charge in [-0.2, -0.15) is 0 Å². The molecule has 0 spiro atoms. The largest absolute Gasteiger partial charge is 0.494 e. The third-order valence-corrected chi connectivity index (χ3v) is 4.04. The molecule has 1 aromatic carbocycles. The number of nitrogens with zero attached hydrogens (tertiary/aromatic N) is 3. The highest BCUT2D eigenvalue weighted by Gasteiger charge is 2.17. The van der Waals surface area contributed by atoms with Crippen LogP contribution in [-0.4, -0.2) is 49.7 Å². The van der Waals surface area contributed by atoms with E-state index >= 15 is 0 Å².